The van der Waals surface area contributed by atoms with Crippen LogP contribution in [0.3, 0.4) is 0 Å². The van der Waals surface area contributed by atoms with E-state index < -0.39 is 6.10 Å². The molecule has 1 aliphatic carbocycles. The fourth-order valence-corrected chi connectivity index (χ4v) is 1.96. The molecule has 2 unspecified atom stereocenters. The second-order valence-electron chi connectivity index (χ2n) is 3.66. The standard InChI is InChI=1S/C12H13NO2/c1-2-11(15)13-12-9-6-4-3-5-8(9)7-10(12)14/h2-6,10,12,14H,1,7H2,(H,13,15). The van der Waals surface area contributed by atoms with Crippen molar-refractivity contribution >= 4 is 5.91 Å². The summed E-state index contributed by atoms with van der Waals surface area (Å²) >= 11 is 0. The summed E-state index contributed by atoms with van der Waals surface area (Å²) in [6, 6.07) is 7.44. The number of hydrogen-bond acceptors (Lipinski definition) is 2. The number of amides is 1. The summed E-state index contributed by atoms with van der Waals surface area (Å²) in [6.07, 6.45) is 1.28. The molecule has 15 heavy (non-hydrogen) atoms. The molecule has 1 amide bonds. The minimum absolute atomic E-state index is 0.254. The molecule has 2 atom stereocenters. The van der Waals surface area contributed by atoms with Crippen LogP contribution >= 0.6 is 0 Å². The Morgan fingerprint density at radius 1 is 1.53 bits per heavy atom. The number of aliphatic hydroxyl groups excluding tert-OH is 1. The third-order valence-corrected chi connectivity index (χ3v) is 2.69. The SMILES string of the molecule is C=CC(=O)NC1c2ccccc2CC1O. The van der Waals surface area contributed by atoms with Gasteiger partial charge in [0.15, 0.2) is 0 Å². The maximum atomic E-state index is 11.2. The molecule has 0 fully saturated rings. The molecule has 0 saturated heterocycles. The van der Waals surface area contributed by atoms with Gasteiger partial charge in [-0.25, -0.2) is 0 Å². The number of aliphatic hydroxyl groups is 1. The van der Waals surface area contributed by atoms with Crippen molar-refractivity contribution in [3.8, 4) is 0 Å². The Morgan fingerprint density at radius 2 is 2.27 bits per heavy atom. The van der Waals surface area contributed by atoms with Crippen LogP contribution in [0.25, 0.3) is 0 Å². The molecule has 3 heteroatoms. The van der Waals surface area contributed by atoms with Crippen molar-refractivity contribution < 1.29 is 9.90 Å². The van der Waals surface area contributed by atoms with Gasteiger partial charge < -0.3 is 10.4 Å². The van der Waals surface area contributed by atoms with E-state index in [1.54, 1.807) is 0 Å². The first-order valence-electron chi connectivity index (χ1n) is 4.91. The van der Waals surface area contributed by atoms with Gasteiger partial charge in [-0.05, 0) is 17.2 Å². The van der Waals surface area contributed by atoms with E-state index in [1.165, 1.54) is 6.08 Å². The van der Waals surface area contributed by atoms with Crippen molar-refractivity contribution in [1.29, 1.82) is 0 Å². The molecule has 2 N–H and O–H groups in total. The van der Waals surface area contributed by atoms with Crippen molar-refractivity contribution in [2.45, 2.75) is 18.6 Å². The summed E-state index contributed by atoms with van der Waals surface area (Å²) < 4.78 is 0. The summed E-state index contributed by atoms with van der Waals surface area (Å²) in [5.74, 6) is -0.254. The van der Waals surface area contributed by atoms with Gasteiger partial charge in [0.2, 0.25) is 5.91 Å². The van der Waals surface area contributed by atoms with Gasteiger partial charge >= 0.3 is 0 Å². The highest BCUT2D eigenvalue weighted by Crippen LogP contribution is 2.30. The Kier molecular flexibility index (Phi) is 2.56. The van der Waals surface area contributed by atoms with Crippen molar-refractivity contribution in [2.24, 2.45) is 0 Å². The molecular weight excluding hydrogens is 190 g/mol. The third-order valence-electron chi connectivity index (χ3n) is 2.69. The zero-order valence-electron chi connectivity index (χ0n) is 8.31. The number of hydrogen-bond donors (Lipinski definition) is 2. The Bertz CT molecular complexity index is 400. The largest absolute Gasteiger partial charge is 0.390 e. The van der Waals surface area contributed by atoms with Crippen LogP contribution in [0.2, 0.25) is 0 Å². The number of carbonyl (C=O) groups is 1. The fourth-order valence-electron chi connectivity index (χ4n) is 1.96. The highest BCUT2D eigenvalue weighted by atomic mass is 16.3. The molecule has 0 saturated carbocycles. The van der Waals surface area contributed by atoms with Crippen LogP contribution < -0.4 is 5.32 Å². The van der Waals surface area contributed by atoms with E-state index in [2.05, 4.69) is 11.9 Å². The van der Waals surface area contributed by atoms with E-state index in [-0.39, 0.29) is 11.9 Å². The van der Waals surface area contributed by atoms with Gasteiger partial charge in [0.1, 0.15) is 0 Å². The lowest BCUT2D eigenvalue weighted by molar-refractivity contribution is -0.117. The summed E-state index contributed by atoms with van der Waals surface area (Å²) in [5, 5.41) is 12.5. The average Bonchev–Trinajstić information content (AvgIpc) is 2.55. The predicted molar refractivity (Wildman–Crippen MR) is 57.2 cm³/mol. The molecule has 78 valence electrons. The van der Waals surface area contributed by atoms with Crippen LogP contribution in [0.5, 0.6) is 0 Å². The summed E-state index contributed by atoms with van der Waals surface area (Å²) in [4.78, 5) is 11.2. The summed E-state index contributed by atoms with van der Waals surface area (Å²) in [5.41, 5.74) is 2.10. The van der Waals surface area contributed by atoms with Crippen LogP contribution in [0, 0.1) is 0 Å². The first-order chi connectivity index (χ1) is 7.22. The first kappa shape index (κ1) is 9.93. The molecule has 2 rings (SSSR count). The van der Waals surface area contributed by atoms with Crippen molar-refractivity contribution in [3.05, 3.63) is 48.0 Å². The Morgan fingerprint density at radius 3 is 3.00 bits per heavy atom. The number of carbonyl (C=O) groups excluding carboxylic acids is 1. The highest BCUT2D eigenvalue weighted by Gasteiger charge is 2.31. The first-order valence-corrected chi connectivity index (χ1v) is 4.91. The van der Waals surface area contributed by atoms with E-state index >= 15 is 0 Å². The van der Waals surface area contributed by atoms with Crippen LogP contribution in [-0.2, 0) is 11.2 Å². The van der Waals surface area contributed by atoms with Gasteiger partial charge in [-0.3, -0.25) is 4.79 Å². The van der Waals surface area contributed by atoms with E-state index in [4.69, 9.17) is 0 Å². The van der Waals surface area contributed by atoms with Crippen LogP contribution in [-0.4, -0.2) is 17.1 Å². The molecule has 3 nitrogen and oxygen atoms in total. The van der Waals surface area contributed by atoms with Gasteiger partial charge in [0, 0.05) is 6.42 Å². The zero-order chi connectivity index (χ0) is 10.8. The van der Waals surface area contributed by atoms with Crippen LogP contribution in [0.15, 0.2) is 36.9 Å². The van der Waals surface area contributed by atoms with Gasteiger partial charge in [-0.15, -0.1) is 0 Å². The Balaban J connectivity index is 2.25. The molecule has 0 aliphatic heterocycles. The van der Waals surface area contributed by atoms with Crippen LogP contribution in [0.1, 0.15) is 17.2 Å². The topological polar surface area (TPSA) is 49.3 Å². The maximum absolute atomic E-state index is 11.2. The second kappa shape index (κ2) is 3.87. The fraction of sp³-hybridized carbons (Fsp3) is 0.250. The van der Waals surface area contributed by atoms with Gasteiger partial charge in [-0.2, -0.15) is 0 Å². The Hall–Kier alpha value is -1.61. The predicted octanol–water partition coefficient (Wildman–Crippen LogP) is 0.947. The molecular formula is C12H13NO2. The lowest BCUT2D eigenvalue weighted by atomic mass is 10.1. The third kappa shape index (κ3) is 1.78. The van der Waals surface area contributed by atoms with E-state index in [0.717, 1.165) is 11.1 Å². The average molecular weight is 203 g/mol. The molecule has 1 aromatic carbocycles. The second-order valence-corrected chi connectivity index (χ2v) is 3.66. The molecule has 0 bridgehead atoms. The highest BCUT2D eigenvalue weighted by molar-refractivity contribution is 5.87. The van der Waals surface area contributed by atoms with Gasteiger partial charge in [0.25, 0.3) is 0 Å². The molecule has 0 radical (unpaired) electrons. The number of benzene rings is 1. The number of fused-ring (bicyclic) bond motifs is 1. The van der Waals surface area contributed by atoms with Crippen molar-refractivity contribution in [1.82, 2.24) is 5.32 Å². The molecule has 0 heterocycles. The lowest BCUT2D eigenvalue weighted by Crippen LogP contribution is -2.32. The van der Waals surface area contributed by atoms with Crippen molar-refractivity contribution in [2.75, 3.05) is 0 Å². The minimum Gasteiger partial charge on any atom is -0.390 e. The quantitative estimate of drug-likeness (QED) is 0.703. The molecule has 1 aliphatic rings. The van der Waals surface area contributed by atoms with Crippen LogP contribution in [0.4, 0.5) is 0 Å². The molecule has 0 aromatic heterocycles. The van der Waals surface area contributed by atoms with E-state index in [9.17, 15) is 9.90 Å². The zero-order valence-corrected chi connectivity index (χ0v) is 8.31. The lowest BCUT2D eigenvalue weighted by Gasteiger charge is -2.16. The molecule has 0 spiro atoms. The summed E-state index contributed by atoms with van der Waals surface area (Å²) in [6.45, 7) is 3.39. The van der Waals surface area contributed by atoms with Gasteiger partial charge in [0.05, 0.1) is 12.1 Å². The summed E-state index contributed by atoms with van der Waals surface area (Å²) in [7, 11) is 0. The smallest absolute Gasteiger partial charge is 0.243 e. The monoisotopic (exact) mass is 203 g/mol. The van der Waals surface area contributed by atoms with E-state index in [1.807, 2.05) is 24.3 Å². The minimum atomic E-state index is -0.536. The van der Waals surface area contributed by atoms with Crippen molar-refractivity contribution in [3.63, 3.8) is 0 Å². The number of nitrogens with one attached hydrogen (secondary N) is 1. The normalized spacial score (nSPS) is 23.3. The Labute approximate surface area is 88.4 Å². The number of rotatable bonds is 2. The maximum Gasteiger partial charge on any atom is 0.243 e. The molecule has 1 aromatic rings. The van der Waals surface area contributed by atoms with E-state index in [0.29, 0.717) is 6.42 Å². The van der Waals surface area contributed by atoms with Gasteiger partial charge in [-0.1, -0.05) is 30.8 Å².